The minimum absolute atomic E-state index is 0.0625. The smallest absolute Gasteiger partial charge is 0.224 e. The van der Waals surface area contributed by atoms with Crippen LogP contribution < -0.4 is 15.8 Å². The topological polar surface area (TPSA) is 64.3 Å². The molecule has 0 radical (unpaired) electrons. The predicted molar refractivity (Wildman–Crippen MR) is 85.8 cm³/mol. The maximum Gasteiger partial charge on any atom is 0.224 e. The summed E-state index contributed by atoms with van der Waals surface area (Å²) in [5.74, 6) is 0.743. The average molecular weight is 305 g/mol. The number of carbonyl (C=O) groups is 1. The Morgan fingerprint density at radius 2 is 1.95 bits per heavy atom. The Labute approximate surface area is 128 Å². The van der Waals surface area contributed by atoms with Crippen LogP contribution in [0.2, 0.25) is 5.02 Å². The second-order valence-corrected chi connectivity index (χ2v) is 5.04. The van der Waals surface area contributed by atoms with Gasteiger partial charge in [-0.3, -0.25) is 4.79 Å². The first-order valence-electron chi connectivity index (χ1n) is 6.56. The molecular formula is C16H17ClN2O2. The Hall–Kier alpha value is -2.20. The quantitative estimate of drug-likeness (QED) is 0.831. The van der Waals surface area contributed by atoms with E-state index in [1.165, 1.54) is 0 Å². The van der Waals surface area contributed by atoms with E-state index >= 15 is 0 Å². The fraction of sp³-hybridized carbons (Fsp3) is 0.188. The third-order valence-corrected chi connectivity index (χ3v) is 3.42. The normalized spacial score (nSPS) is 10.2. The number of ether oxygens (including phenoxy) is 1. The average Bonchev–Trinajstić information content (AvgIpc) is 2.49. The van der Waals surface area contributed by atoms with Gasteiger partial charge in [0.1, 0.15) is 5.75 Å². The summed E-state index contributed by atoms with van der Waals surface area (Å²) in [6.45, 7) is 0. The molecule has 0 bridgehead atoms. The molecular weight excluding hydrogens is 288 g/mol. The maximum atomic E-state index is 11.9. The van der Waals surface area contributed by atoms with Gasteiger partial charge in [0.25, 0.3) is 0 Å². The van der Waals surface area contributed by atoms with Crippen LogP contribution in [0, 0.1) is 0 Å². The van der Waals surface area contributed by atoms with Gasteiger partial charge in [-0.1, -0.05) is 23.7 Å². The van der Waals surface area contributed by atoms with Gasteiger partial charge in [-0.15, -0.1) is 0 Å². The molecule has 0 saturated heterocycles. The van der Waals surface area contributed by atoms with Crippen molar-refractivity contribution in [3.8, 4) is 5.75 Å². The molecule has 0 atom stereocenters. The maximum absolute atomic E-state index is 11.9. The summed E-state index contributed by atoms with van der Waals surface area (Å²) in [4.78, 5) is 11.9. The number of hydrogen-bond acceptors (Lipinski definition) is 3. The van der Waals surface area contributed by atoms with Crippen molar-refractivity contribution in [3.05, 3.63) is 53.1 Å². The van der Waals surface area contributed by atoms with Crippen LogP contribution in [0.5, 0.6) is 5.75 Å². The molecule has 4 nitrogen and oxygen atoms in total. The molecule has 0 aromatic heterocycles. The SMILES string of the molecule is COc1ccc(CCC(=O)Nc2ccc(Cl)c(N)c2)cc1. The van der Waals surface area contributed by atoms with E-state index in [9.17, 15) is 4.79 Å². The van der Waals surface area contributed by atoms with Gasteiger partial charge >= 0.3 is 0 Å². The molecule has 2 aromatic rings. The van der Waals surface area contributed by atoms with Crippen LogP contribution in [0.15, 0.2) is 42.5 Å². The zero-order chi connectivity index (χ0) is 15.2. The lowest BCUT2D eigenvalue weighted by molar-refractivity contribution is -0.116. The standard InChI is InChI=1S/C16H17ClN2O2/c1-21-13-6-2-11(3-7-13)4-9-16(20)19-12-5-8-14(17)15(18)10-12/h2-3,5-8,10H,4,9,18H2,1H3,(H,19,20). The van der Waals surface area contributed by atoms with Crippen molar-refractivity contribution in [2.75, 3.05) is 18.2 Å². The van der Waals surface area contributed by atoms with Crippen molar-refractivity contribution in [2.24, 2.45) is 0 Å². The van der Waals surface area contributed by atoms with Crippen molar-refractivity contribution >= 4 is 28.9 Å². The molecule has 5 heteroatoms. The molecule has 2 rings (SSSR count). The number of benzene rings is 2. The third kappa shape index (κ3) is 4.39. The molecule has 21 heavy (non-hydrogen) atoms. The van der Waals surface area contributed by atoms with Crippen molar-refractivity contribution in [1.29, 1.82) is 0 Å². The van der Waals surface area contributed by atoms with Crippen molar-refractivity contribution in [1.82, 2.24) is 0 Å². The summed E-state index contributed by atoms with van der Waals surface area (Å²) in [6.07, 6.45) is 1.06. The van der Waals surface area contributed by atoms with Crippen LogP contribution in [0.25, 0.3) is 0 Å². The summed E-state index contributed by atoms with van der Waals surface area (Å²) in [5.41, 5.74) is 7.88. The van der Waals surface area contributed by atoms with Crippen molar-refractivity contribution < 1.29 is 9.53 Å². The first-order chi connectivity index (χ1) is 10.1. The van der Waals surface area contributed by atoms with Gasteiger partial charge in [0, 0.05) is 12.1 Å². The van der Waals surface area contributed by atoms with Crippen molar-refractivity contribution in [2.45, 2.75) is 12.8 Å². The highest BCUT2D eigenvalue weighted by Crippen LogP contribution is 2.22. The van der Waals surface area contributed by atoms with Crippen molar-refractivity contribution in [3.63, 3.8) is 0 Å². The molecule has 0 spiro atoms. The third-order valence-electron chi connectivity index (χ3n) is 3.08. The second-order valence-electron chi connectivity index (χ2n) is 4.63. The summed E-state index contributed by atoms with van der Waals surface area (Å²) in [6, 6.07) is 12.7. The summed E-state index contributed by atoms with van der Waals surface area (Å²) in [7, 11) is 1.63. The minimum Gasteiger partial charge on any atom is -0.497 e. The van der Waals surface area contributed by atoms with E-state index in [0.717, 1.165) is 11.3 Å². The van der Waals surface area contributed by atoms with Crippen LogP contribution >= 0.6 is 11.6 Å². The number of anilines is 2. The zero-order valence-corrected chi connectivity index (χ0v) is 12.5. The van der Waals surface area contributed by atoms with Gasteiger partial charge in [-0.2, -0.15) is 0 Å². The number of rotatable bonds is 5. The Balaban J connectivity index is 1.87. The Morgan fingerprint density at radius 3 is 2.57 bits per heavy atom. The number of hydrogen-bond donors (Lipinski definition) is 2. The number of methoxy groups -OCH3 is 1. The van der Waals surface area contributed by atoms with E-state index in [4.69, 9.17) is 22.1 Å². The van der Waals surface area contributed by atoms with Crippen LogP contribution in [0.4, 0.5) is 11.4 Å². The highest BCUT2D eigenvalue weighted by molar-refractivity contribution is 6.33. The molecule has 3 N–H and O–H groups in total. The minimum atomic E-state index is -0.0625. The summed E-state index contributed by atoms with van der Waals surface area (Å²) in [5, 5.41) is 3.28. The number of aryl methyl sites for hydroxylation is 1. The first kappa shape index (κ1) is 15.2. The Kier molecular flexibility index (Phi) is 5.06. The molecule has 0 heterocycles. The largest absolute Gasteiger partial charge is 0.497 e. The van der Waals surface area contributed by atoms with Crippen LogP contribution in [-0.2, 0) is 11.2 Å². The van der Waals surface area contributed by atoms with Gasteiger partial charge in [0.2, 0.25) is 5.91 Å². The van der Waals surface area contributed by atoms with Crippen LogP contribution in [-0.4, -0.2) is 13.0 Å². The van der Waals surface area contributed by atoms with Gasteiger partial charge < -0.3 is 15.8 Å². The number of halogens is 1. The fourth-order valence-corrected chi connectivity index (χ4v) is 2.01. The first-order valence-corrected chi connectivity index (χ1v) is 6.94. The Bertz CT molecular complexity index is 627. The number of nitrogens with two attached hydrogens (primary N) is 1. The molecule has 0 fully saturated rings. The van der Waals surface area contributed by atoms with Gasteiger partial charge in [0.15, 0.2) is 0 Å². The Morgan fingerprint density at radius 1 is 1.24 bits per heavy atom. The van der Waals surface area contributed by atoms with E-state index in [2.05, 4.69) is 5.32 Å². The molecule has 0 aliphatic heterocycles. The summed E-state index contributed by atoms with van der Waals surface area (Å²) >= 11 is 5.84. The fourth-order valence-electron chi connectivity index (χ4n) is 1.90. The van der Waals surface area contributed by atoms with Crippen LogP contribution in [0.3, 0.4) is 0 Å². The van der Waals surface area contributed by atoms with Gasteiger partial charge in [-0.05, 0) is 42.3 Å². The van der Waals surface area contributed by atoms with E-state index in [0.29, 0.717) is 29.2 Å². The molecule has 0 aliphatic carbocycles. The molecule has 0 saturated carbocycles. The summed E-state index contributed by atoms with van der Waals surface area (Å²) < 4.78 is 5.09. The highest BCUT2D eigenvalue weighted by Gasteiger charge is 2.05. The lowest BCUT2D eigenvalue weighted by Crippen LogP contribution is -2.12. The van der Waals surface area contributed by atoms with E-state index < -0.39 is 0 Å². The molecule has 2 aromatic carbocycles. The lowest BCUT2D eigenvalue weighted by atomic mass is 10.1. The van der Waals surface area contributed by atoms with Gasteiger partial charge in [0.05, 0.1) is 17.8 Å². The van der Waals surface area contributed by atoms with E-state index in [1.807, 2.05) is 24.3 Å². The number of amides is 1. The number of nitrogen functional groups attached to an aromatic ring is 1. The number of carbonyl (C=O) groups excluding carboxylic acids is 1. The lowest BCUT2D eigenvalue weighted by Gasteiger charge is -2.07. The van der Waals surface area contributed by atoms with E-state index in [1.54, 1.807) is 25.3 Å². The zero-order valence-electron chi connectivity index (χ0n) is 11.7. The second kappa shape index (κ2) is 6.99. The van der Waals surface area contributed by atoms with Gasteiger partial charge in [-0.25, -0.2) is 0 Å². The molecule has 0 aliphatic rings. The van der Waals surface area contributed by atoms with Crippen LogP contribution in [0.1, 0.15) is 12.0 Å². The highest BCUT2D eigenvalue weighted by atomic mass is 35.5. The number of nitrogens with one attached hydrogen (secondary N) is 1. The predicted octanol–water partition coefficient (Wildman–Crippen LogP) is 3.50. The monoisotopic (exact) mass is 304 g/mol. The molecule has 0 unspecified atom stereocenters. The molecule has 110 valence electrons. The van der Waals surface area contributed by atoms with E-state index in [-0.39, 0.29) is 5.91 Å². The molecule has 1 amide bonds.